The molecule has 0 aliphatic carbocycles. The SMILES string of the molecule is CC(=O)Nc1cc(Nc2cc(C)nc(C(C)(F)F)n2)c(-c2ccn(C)n2)cn1. The maximum atomic E-state index is 13.7. The molecule has 3 aromatic rings. The molecule has 28 heavy (non-hydrogen) atoms. The van der Waals surface area contributed by atoms with Gasteiger partial charge in [-0.3, -0.25) is 9.48 Å². The summed E-state index contributed by atoms with van der Waals surface area (Å²) in [5.41, 5.74) is 2.14. The van der Waals surface area contributed by atoms with Crippen molar-refractivity contribution in [3.05, 3.63) is 42.1 Å². The normalized spacial score (nSPS) is 11.4. The smallest absolute Gasteiger partial charge is 0.303 e. The van der Waals surface area contributed by atoms with E-state index in [1.807, 2.05) is 0 Å². The van der Waals surface area contributed by atoms with Crippen LogP contribution in [0.5, 0.6) is 0 Å². The summed E-state index contributed by atoms with van der Waals surface area (Å²) < 4.78 is 29.0. The molecule has 0 bridgehead atoms. The molecule has 146 valence electrons. The fourth-order valence-electron chi connectivity index (χ4n) is 2.54. The second kappa shape index (κ2) is 7.29. The molecule has 0 spiro atoms. The molecular formula is C18H19F2N7O. The van der Waals surface area contributed by atoms with E-state index in [0.29, 0.717) is 28.5 Å². The first-order valence-corrected chi connectivity index (χ1v) is 8.40. The minimum absolute atomic E-state index is 0.196. The summed E-state index contributed by atoms with van der Waals surface area (Å²) in [5, 5.41) is 9.96. The van der Waals surface area contributed by atoms with Crippen LogP contribution in [0.15, 0.2) is 30.6 Å². The van der Waals surface area contributed by atoms with Gasteiger partial charge in [0, 0.05) is 56.7 Å². The van der Waals surface area contributed by atoms with Gasteiger partial charge >= 0.3 is 5.92 Å². The number of hydrogen-bond donors (Lipinski definition) is 2. The summed E-state index contributed by atoms with van der Waals surface area (Å²) in [4.78, 5) is 23.3. The van der Waals surface area contributed by atoms with Crippen molar-refractivity contribution < 1.29 is 13.6 Å². The van der Waals surface area contributed by atoms with Gasteiger partial charge in [-0.15, -0.1) is 0 Å². The van der Waals surface area contributed by atoms with Crippen molar-refractivity contribution in [2.24, 2.45) is 7.05 Å². The van der Waals surface area contributed by atoms with E-state index in [9.17, 15) is 13.6 Å². The number of carbonyl (C=O) groups excluding carboxylic acids is 1. The lowest BCUT2D eigenvalue weighted by Gasteiger charge is -2.15. The fraction of sp³-hybridized carbons (Fsp3) is 0.278. The van der Waals surface area contributed by atoms with Crippen LogP contribution in [0.1, 0.15) is 25.4 Å². The van der Waals surface area contributed by atoms with Crippen LogP contribution in [0.3, 0.4) is 0 Å². The minimum atomic E-state index is -3.17. The van der Waals surface area contributed by atoms with E-state index < -0.39 is 11.7 Å². The van der Waals surface area contributed by atoms with Gasteiger partial charge in [0.1, 0.15) is 11.6 Å². The Morgan fingerprint density at radius 2 is 1.96 bits per heavy atom. The first-order valence-electron chi connectivity index (χ1n) is 8.40. The van der Waals surface area contributed by atoms with Crippen LogP contribution in [-0.4, -0.2) is 30.6 Å². The number of alkyl halides is 2. The molecule has 0 saturated carbocycles. The molecular weight excluding hydrogens is 368 g/mol. The molecule has 0 aliphatic rings. The Labute approximate surface area is 160 Å². The lowest BCUT2D eigenvalue weighted by Crippen LogP contribution is -2.14. The number of pyridine rings is 1. The molecule has 3 rings (SSSR count). The molecule has 3 heterocycles. The molecule has 0 aliphatic heterocycles. The monoisotopic (exact) mass is 387 g/mol. The quantitative estimate of drug-likeness (QED) is 0.696. The van der Waals surface area contributed by atoms with Crippen molar-refractivity contribution in [2.75, 3.05) is 10.6 Å². The van der Waals surface area contributed by atoms with Crippen molar-refractivity contribution in [1.29, 1.82) is 0 Å². The largest absolute Gasteiger partial charge is 0.339 e. The van der Waals surface area contributed by atoms with Gasteiger partial charge < -0.3 is 10.6 Å². The van der Waals surface area contributed by atoms with Crippen molar-refractivity contribution in [3.63, 3.8) is 0 Å². The number of anilines is 3. The van der Waals surface area contributed by atoms with Crippen molar-refractivity contribution in [2.45, 2.75) is 26.7 Å². The Kier molecular flexibility index (Phi) is 5.04. The second-order valence-electron chi connectivity index (χ2n) is 6.40. The van der Waals surface area contributed by atoms with Gasteiger partial charge in [0.15, 0.2) is 0 Å². The summed E-state index contributed by atoms with van der Waals surface area (Å²) in [7, 11) is 1.78. The number of amides is 1. The number of aryl methyl sites for hydroxylation is 2. The van der Waals surface area contributed by atoms with Crippen LogP contribution in [0.2, 0.25) is 0 Å². The molecule has 2 N–H and O–H groups in total. The van der Waals surface area contributed by atoms with E-state index in [0.717, 1.165) is 6.92 Å². The molecule has 8 nitrogen and oxygen atoms in total. The van der Waals surface area contributed by atoms with Gasteiger partial charge in [-0.2, -0.15) is 13.9 Å². The van der Waals surface area contributed by atoms with Gasteiger partial charge in [-0.1, -0.05) is 0 Å². The van der Waals surface area contributed by atoms with Crippen LogP contribution in [0.25, 0.3) is 11.3 Å². The van der Waals surface area contributed by atoms with Gasteiger partial charge in [0.05, 0.1) is 11.4 Å². The van der Waals surface area contributed by atoms with Crippen molar-refractivity contribution in [3.8, 4) is 11.3 Å². The zero-order valence-electron chi connectivity index (χ0n) is 15.8. The van der Waals surface area contributed by atoms with E-state index in [4.69, 9.17) is 0 Å². The predicted octanol–water partition coefficient (Wildman–Crippen LogP) is 3.39. The summed E-state index contributed by atoms with van der Waals surface area (Å²) in [6, 6.07) is 4.93. The lowest BCUT2D eigenvalue weighted by molar-refractivity contribution is -0.114. The molecule has 1 amide bonds. The number of nitrogens with one attached hydrogen (secondary N) is 2. The topological polar surface area (TPSA) is 97.6 Å². The summed E-state index contributed by atoms with van der Waals surface area (Å²) in [6.45, 7) is 3.72. The van der Waals surface area contributed by atoms with E-state index in [1.165, 1.54) is 6.92 Å². The van der Waals surface area contributed by atoms with Crippen LogP contribution >= 0.6 is 0 Å². The van der Waals surface area contributed by atoms with Crippen LogP contribution in [0, 0.1) is 6.92 Å². The fourth-order valence-corrected chi connectivity index (χ4v) is 2.54. The third-order valence-electron chi connectivity index (χ3n) is 3.71. The summed E-state index contributed by atoms with van der Waals surface area (Å²) in [6.07, 6.45) is 3.31. The van der Waals surface area contributed by atoms with E-state index in [-0.39, 0.29) is 11.7 Å². The molecule has 0 saturated heterocycles. The van der Waals surface area contributed by atoms with E-state index >= 15 is 0 Å². The second-order valence-corrected chi connectivity index (χ2v) is 6.40. The van der Waals surface area contributed by atoms with Gasteiger partial charge in [-0.05, 0) is 13.0 Å². The summed E-state index contributed by atoms with van der Waals surface area (Å²) in [5.74, 6) is -3.53. The molecule has 0 aromatic carbocycles. The summed E-state index contributed by atoms with van der Waals surface area (Å²) >= 11 is 0. The highest BCUT2D eigenvalue weighted by molar-refractivity contribution is 5.89. The maximum absolute atomic E-state index is 13.7. The first-order chi connectivity index (χ1) is 13.1. The highest BCUT2D eigenvalue weighted by Gasteiger charge is 2.29. The average Bonchev–Trinajstić information content (AvgIpc) is 2.99. The number of rotatable bonds is 5. The molecule has 10 heteroatoms. The highest BCUT2D eigenvalue weighted by atomic mass is 19.3. The Balaban J connectivity index is 2.06. The molecule has 0 atom stereocenters. The van der Waals surface area contributed by atoms with Crippen molar-refractivity contribution >= 4 is 23.2 Å². The molecule has 0 unspecified atom stereocenters. The molecule has 3 aromatic heterocycles. The van der Waals surface area contributed by atoms with E-state index in [1.54, 1.807) is 49.2 Å². The Bertz CT molecular complexity index is 1030. The van der Waals surface area contributed by atoms with Crippen LogP contribution in [0.4, 0.5) is 26.1 Å². The van der Waals surface area contributed by atoms with E-state index in [2.05, 4.69) is 30.7 Å². The lowest BCUT2D eigenvalue weighted by atomic mass is 10.1. The van der Waals surface area contributed by atoms with Gasteiger partial charge in [0.25, 0.3) is 0 Å². The van der Waals surface area contributed by atoms with Gasteiger partial charge in [0.2, 0.25) is 11.7 Å². The zero-order valence-corrected chi connectivity index (χ0v) is 15.8. The third-order valence-corrected chi connectivity index (χ3v) is 3.71. The number of carbonyl (C=O) groups is 1. The van der Waals surface area contributed by atoms with Crippen LogP contribution < -0.4 is 10.6 Å². The zero-order chi connectivity index (χ0) is 20.5. The number of hydrogen-bond acceptors (Lipinski definition) is 6. The number of nitrogens with zero attached hydrogens (tertiary/aromatic N) is 5. The van der Waals surface area contributed by atoms with Crippen molar-refractivity contribution in [1.82, 2.24) is 24.7 Å². The predicted molar refractivity (Wildman–Crippen MR) is 100 cm³/mol. The van der Waals surface area contributed by atoms with Gasteiger partial charge in [-0.25, -0.2) is 15.0 Å². The molecule has 0 fully saturated rings. The van der Waals surface area contributed by atoms with Crippen LogP contribution in [-0.2, 0) is 17.8 Å². The maximum Gasteiger partial charge on any atom is 0.303 e. The average molecular weight is 387 g/mol. The third kappa shape index (κ3) is 4.45. The Hall–Kier alpha value is -3.43. The molecule has 0 radical (unpaired) electrons. The first kappa shape index (κ1) is 19.3. The standard InChI is InChI=1S/C18H19F2N7O/c1-10-7-16(25-17(22-10)18(3,19)20)24-14-8-15(23-11(2)28)21-9-12(14)13-5-6-27(4)26-13/h5-9H,1-4H3,(H2,21,22,23,24,25,28). The highest BCUT2D eigenvalue weighted by Crippen LogP contribution is 2.31. The number of aromatic nitrogens is 5. The number of halogens is 2. The Morgan fingerprint density at radius 3 is 2.57 bits per heavy atom. The Morgan fingerprint density at radius 1 is 1.21 bits per heavy atom. The minimum Gasteiger partial charge on any atom is -0.339 e.